The normalized spacial score (nSPS) is 20.7. The smallest absolute Gasteiger partial charge is 0.221 e. The van der Waals surface area contributed by atoms with Crippen LogP contribution in [0.3, 0.4) is 0 Å². The van der Waals surface area contributed by atoms with Gasteiger partial charge in [-0.25, -0.2) is 0 Å². The Morgan fingerprint density at radius 3 is 2.12 bits per heavy atom. The molecule has 0 aliphatic heterocycles. The number of carbonyl (C=O) groups is 1. The molecule has 2 saturated carbocycles. The first-order valence-electron chi connectivity index (χ1n) is 7.00. The zero-order valence-corrected chi connectivity index (χ0v) is 11.4. The molecule has 2 rings (SSSR count). The van der Waals surface area contributed by atoms with Crippen LogP contribution in [0.15, 0.2) is 0 Å². The van der Waals surface area contributed by atoms with Crippen LogP contribution in [0, 0.1) is 11.8 Å². The van der Waals surface area contributed by atoms with Crippen LogP contribution in [0.25, 0.3) is 0 Å². The molecule has 98 valence electrons. The van der Waals surface area contributed by atoms with E-state index in [-0.39, 0.29) is 11.4 Å². The monoisotopic (exact) mass is 238 g/mol. The molecule has 2 fully saturated rings. The Hall–Kier alpha value is -0.570. The van der Waals surface area contributed by atoms with Crippen LogP contribution in [-0.2, 0) is 4.79 Å². The first-order chi connectivity index (χ1) is 7.96. The van der Waals surface area contributed by atoms with Gasteiger partial charge in [-0.3, -0.25) is 4.79 Å². The summed E-state index contributed by atoms with van der Waals surface area (Å²) in [5.74, 6) is 1.81. The molecule has 0 unspecified atom stereocenters. The van der Waals surface area contributed by atoms with Crippen molar-refractivity contribution >= 4 is 5.91 Å². The molecule has 0 bridgehead atoms. The lowest BCUT2D eigenvalue weighted by atomic mass is 10.1. The van der Waals surface area contributed by atoms with E-state index < -0.39 is 0 Å². The Bertz CT molecular complexity index is 262. The van der Waals surface area contributed by atoms with Gasteiger partial charge in [0, 0.05) is 24.5 Å². The van der Waals surface area contributed by atoms with Gasteiger partial charge in [0.2, 0.25) is 5.91 Å². The number of hydrogen-bond acceptors (Lipinski definition) is 2. The second-order valence-electron chi connectivity index (χ2n) is 6.69. The van der Waals surface area contributed by atoms with E-state index in [4.69, 9.17) is 0 Å². The van der Waals surface area contributed by atoms with Crippen molar-refractivity contribution in [2.45, 2.75) is 64.5 Å². The molecule has 3 nitrogen and oxygen atoms in total. The molecule has 2 aliphatic carbocycles. The standard InChI is InChI=1S/C14H26N2O/c1-14(2,3)15-9-8-12(17)16-13(10-4-5-10)11-6-7-11/h10-11,13,15H,4-9H2,1-3H3,(H,16,17). The molecule has 17 heavy (non-hydrogen) atoms. The molecule has 2 N–H and O–H groups in total. The average molecular weight is 238 g/mol. The quantitative estimate of drug-likeness (QED) is 0.744. The highest BCUT2D eigenvalue weighted by molar-refractivity contribution is 5.76. The van der Waals surface area contributed by atoms with Gasteiger partial charge in [0.1, 0.15) is 0 Å². The Balaban J connectivity index is 1.65. The highest BCUT2D eigenvalue weighted by atomic mass is 16.1. The van der Waals surface area contributed by atoms with Gasteiger partial charge in [-0.1, -0.05) is 0 Å². The van der Waals surface area contributed by atoms with Gasteiger partial charge in [0.25, 0.3) is 0 Å². The van der Waals surface area contributed by atoms with Gasteiger partial charge in [0.15, 0.2) is 0 Å². The largest absolute Gasteiger partial charge is 0.353 e. The molecule has 0 atom stereocenters. The van der Waals surface area contributed by atoms with E-state index in [2.05, 4.69) is 31.4 Å². The third-order valence-electron chi connectivity index (χ3n) is 3.59. The maximum atomic E-state index is 11.9. The number of nitrogens with one attached hydrogen (secondary N) is 2. The van der Waals surface area contributed by atoms with Crippen LogP contribution in [0.1, 0.15) is 52.9 Å². The lowest BCUT2D eigenvalue weighted by Gasteiger charge is -2.21. The van der Waals surface area contributed by atoms with Crippen LogP contribution in [0.2, 0.25) is 0 Å². The van der Waals surface area contributed by atoms with Crippen molar-refractivity contribution < 1.29 is 4.79 Å². The van der Waals surface area contributed by atoms with Gasteiger partial charge in [-0.2, -0.15) is 0 Å². The molecule has 2 aliphatic rings. The molecule has 0 heterocycles. The number of hydrogen-bond donors (Lipinski definition) is 2. The van der Waals surface area contributed by atoms with Gasteiger partial charge in [-0.15, -0.1) is 0 Å². The van der Waals surface area contributed by atoms with Crippen molar-refractivity contribution in [2.75, 3.05) is 6.54 Å². The van der Waals surface area contributed by atoms with E-state index in [9.17, 15) is 4.79 Å². The van der Waals surface area contributed by atoms with E-state index in [1.807, 2.05) is 0 Å². The van der Waals surface area contributed by atoms with Crippen LogP contribution in [0.4, 0.5) is 0 Å². The van der Waals surface area contributed by atoms with Gasteiger partial charge in [-0.05, 0) is 58.3 Å². The van der Waals surface area contributed by atoms with Crippen molar-refractivity contribution in [3.63, 3.8) is 0 Å². The molecule has 3 heteroatoms. The van der Waals surface area contributed by atoms with Gasteiger partial charge < -0.3 is 10.6 Å². The maximum Gasteiger partial charge on any atom is 0.221 e. The van der Waals surface area contributed by atoms with E-state index in [0.717, 1.165) is 18.4 Å². The van der Waals surface area contributed by atoms with Crippen LogP contribution < -0.4 is 10.6 Å². The molecule has 0 saturated heterocycles. The minimum atomic E-state index is 0.104. The maximum absolute atomic E-state index is 11.9. The summed E-state index contributed by atoms with van der Waals surface area (Å²) in [5.41, 5.74) is 0.104. The summed E-state index contributed by atoms with van der Waals surface area (Å²) in [4.78, 5) is 11.9. The Kier molecular flexibility index (Phi) is 3.76. The van der Waals surface area contributed by atoms with Gasteiger partial charge in [0.05, 0.1) is 0 Å². The Morgan fingerprint density at radius 1 is 1.18 bits per heavy atom. The van der Waals surface area contributed by atoms with Crippen LogP contribution in [-0.4, -0.2) is 24.0 Å². The number of amides is 1. The summed E-state index contributed by atoms with van der Waals surface area (Å²) in [6.07, 6.45) is 5.89. The fraction of sp³-hybridized carbons (Fsp3) is 0.929. The van der Waals surface area contributed by atoms with E-state index >= 15 is 0 Å². The fourth-order valence-corrected chi connectivity index (χ4v) is 2.34. The highest BCUT2D eigenvalue weighted by Gasteiger charge is 2.42. The minimum absolute atomic E-state index is 0.104. The summed E-state index contributed by atoms with van der Waals surface area (Å²) >= 11 is 0. The van der Waals surface area contributed by atoms with Crippen molar-refractivity contribution in [1.29, 1.82) is 0 Å². The van der Waals surface area contributed by atoms with Crippen molar-refractivity contribution in [2.24, 2.45) is 11.8 Å². The minimum Gasteiger partial charge on any atom is -0.353 e. The van der Waals surface area contributed by atoms with Crippen molar-refractivity contribution in [1.82, 2.24) is 10.6 Å². The van der Waals surface area contributed by atoms with Crippen molar-refractivity contribution in [3.05, 3.63) is 0 Å². The third kappa shape index (κ3) is 4.66. The molecular weight excluding hydrogens is 212 g/mol. The molecule has 0 aromatic carbocycles. The fourth-order valence-electron chi connectivity index (χ4n) is 2.34. The summed E-state index contributed by atoms with van der Waals surface area (Å²) in [6, 6.07) is 0.497. The number of rotatable bonds is 6. The number of carbonyl (C=O) groups excluding carboxylic acids is 1. The summed E-state index contributed by atoms with van der Waals surface area (Å²) in [5, 5.41) is 6.60. The zero-order chi connectivity index (χ0) is 12.5. The predicted molar refractivity (Wildman–Crippen MR) is 69.8 cm³/mol. The summed E-state index contributed by atoms with van der Waals surface area (Å²) < 4.78 is 0. The van der Waals surface area contributed by atoms with E-state index in [0.29, 0.717) is 12.5 Å². The topological polar surface area (TPSA) is 41.1 Å². The average Bonchev–Trinajstić information content (AvgIpc) is 3.05. The molecular formula is C14H26N2O. The third-order valence-corrected chi connectivity index (χ3v) is 3.59. The Morgan fingerprint density at radius 2 is 1.71 bits per heavy atom. The lowest BCUT2D eigenvalue weighted by Crippen LogP contribution is -2.42. The molecule has 0 radical (unpaired) electrons. The van der Waals surface area contributed by atoms with Gasteiger partial charge >= 0.3 is 0 Å². The first kappa shape index (κ1) is 12.9. The second-order valence-corrected chi connectivity index (χ2v) is 6.69. The SMILES string of the molecule is CC(C)(C)NCCC(=O)NC(C1CC1)C1CC1. The summed E-state index contributed by atoms with van der Waals surface area (Å²) in [7, 11) is 0. The van der Waals surface area contributed by atoms with Crippen LogP contribution in [0.5, 0.6) is 0 Å². The molecule has 0 aromatic rings. The lowest BCUT2D eigenvalue weighted by molar-refractivity contribution is -0.122. The van der Waals surface area contributed by atoms with Crippen LogP contribution >= 0.6 is 0 Å². The van der Waals surface area contributed by atoms with E-state index in [1.165, 1.54) is 25.7 Å². The zero-order valence-electron chi connectivity index (χ0n) is 11.4. The van der Waals surface area contributed by atoms with E-state index in [1.54, 1.807) is 0 Å². The molecule has 0 spiro atoms. The second kappa shape index (κ2) is 4.97. The highest BCUT2D eigenvalue weighted by Crippen LogP contribution is 2.44. The summed E-state index contributed by atoms with van der Waals surface area (Å²) in [6.45, 7) is 7.16. The molecule has 1 amide bonds. The predicted octanol–water partition coefficient (Wildman–Crippen LogP) is 2.07. The van der Waals surface area contributed by atoms with Crippen molar-refractivity contribution in [3.8, 4) is 0 Å². The Labute approximate surface area is 105 Å². The molecule has 0 aromatic heterocycles. The first-order valence-corrected chi connectivity index (χ1v) is 7.00.